The highest BCUT2D eigenvalue weighted by Gasteiger charge is 2.35. The Balaban J connectivity index is 2.35. The molecule has 7 heteroatoms. The summed E-state index contributed by atoms with van der Waals surface area (Å²) in [5.74, 6) is -3.82. The number of nitrogen functional groups attached to an aromatic ring is 1. The second kappa shape index (κ2) is 4.25. The molecule has 5 nitrogen and oxygen atoms in total. The topological polar surface area (TPSA) is 89.4 Å². The van der Waals surface area contributed by atoms with Gasteiger partial charge in [0.05, 0.1) is 17.3 Å². The number of carbonyl (C=O) groups is 2. The quantitative estimate of drug-likeness (QED) is 0.749. The first-order chi connectivity index (χ1) is 8.40. The van der Waals surface area contributed by atoms with E-state index in [9.17, 15) is 18.4 Å². The summed E-state index contributed by atoms with van der Waals surface area (Å²) in [7, 11) is 0. The molecule has 1 aliphatic rings. The third kappa shape index (κ3) is 1.99. The van der Waals surface area contributed by atoms with Crippen molar-refractivity contribution in [3.63, 3.8) is 0 Å². The molecule has 1 aromatic rings. The van der Waals surface area contributed by atoms with Crippen LogP contribution in [-0.2, 0) is 9.59 Å². The molecule has 0 saturated carbocycles. The van der Waals surface area contributed by atoms with Crippen molar-refractivity contribution < 1.29 is 18.4 Å². The molecule has 4 N–H and O–H groups in total. The molecular weight excluding hydrogens is 244 g/mol. The van der Waals surface area contributed by atoms with E-state index in [0.29, 0.717) is 0 Å². The Bertz CT molecular complexity index is 533. The molecule has 0 radical (unpaired) electrons. The van der Waals surface area contributed by atoms with Crippen LogP contribution in [0.2, 0.25) is 0 Å². The van der Waals surface area contributed by atoms with Crippen LogP contribution in [0.5, 0.6) is 0 Å². The predicted molar refractivity (Wildman–Crippen MR) is 60.4 cm³/mol. The highest BCUT2D eigenvalue weighted by Crippen LogP contribution is 2.31. The van der Waals surface area contributed by atoms with Crippen LogP contribution in [-0.4, -0.2) is 18.4 Å². The number of carbonyl (C=O) groups excluding carboxylic acids is 2. The monoisotopic (exact) mass is 255 g/mol. The van der Waals surface area contributed by atoms with Gasteiger partial charge in [0.15, 0.2) is 11.6 Å². The van der Waals surface area contributed by atoms with Gasteiger partial charge in [-0.05, 0) is 0 Å². The summed E-state index contributed by atoms with van der Waals surface area (Å²) in [5.41, 5.74) is 10.6. The van der Waals surface area contributed by atoms with Crippen molar-refractivity contribution >= 4 is 23.2 Å². The zero-order chi connectivity index (χ0) is 13.4. The SMILES string of the molecule is NC(=O)C1CC(=O)N(c2cc(F)c(F)cc2N)C1. The molecular formula is C11H11F2N3O2. The molecule has 0 aromatic heterocycles. The summed E-state index contributed by atoms with van der Waals surface area (Å²) in [5, 5.41) is 0. The van der Waals surface area contributed by atoms with Gasteiger partial charge < -0.3 is 16.4 Å². The number of benzene rings is 1. The molecule has 1 saturated heterocycles. The predicted octanol–water partition coefficient (Wildman–Crippen LogP) is 0.385. The maximum atomic E-state index is 13.1. The Morgan fingerprint density at radius 2 is 1.94 bits per heavy atom. The van der Waals surface area contributed by atoms with Crippen LogP contribution in [0.4, 0.5) is 20.2 Å². The largest absolute Gasteiger partial charge is 0.397 e. The molecule has 0 aliphatic carbocycles. The van der Waals surface area contributed by atoms with Gasteiger partial charge in [-0.25, -0.2) is 8.78 Å². The molecule has 2 rings (SSSR count). The molecule has 1 aromatic carbocycles. The summed E-state index contributed by atoms with van der Waals surface area (Å²) in [6, 6.07) is 1.64. The first-order valence-electron chi connectivity index (χ1n) is 5.24. The van der Waals surface area contributed by atoms with Crippen LogP contribution in [0.25, 0.3) is 0 Å². The number of hydrogen-bond acceptors (Lipinski definition) is 3. The fourth-order valence-corrected chi connectivity index (χ4v) is 1.92. The Kier molecular flexibility index (Phi) is 2.90. The van der Waals surface area contributed by atoms with Gasteiger partial charge in [0.2, 0.25) is 11.8 Å². The molecule has 1 atom stereocenters. The van der Waals surface area contributed by atoms with Gasteiger partial charge in [0.1, 0.15) is 0 Å². The average molecular weight is 255 g/mol. The minimum Gasteiger partial charge on any atom is -0.397 e. The number of nitrogens with zero attached hydrogens (tertiary/aromatic N) is 1. The standard InChI is InChI=1S/C11H11F2N3O2/c12-6-2-8(14)9(3-7(6)13)16-4-5(11(15)18)1-10(16)17/h2-3,5H,1,4,14H2,(H2,15,18). The van der Waals surface area contributed by atoms with Crippen LogP contribution >= 0.6 is 0 Å². The second-order valence-corrected chi connectivity index (χ2v) is 4.13. The number of halogens is 2. The van der Waals surface area contributed by atoms with E-state index < -0.39 is 29.4 Å². The first kappa shape index (κ1) is 12.3. The highest BCUT2D eigenvalue weighted by atomic mass is 19.2. The van der Waals surface area contributed by atoms with E-state index in [4.69, 9.17) is 11.5 Å². The lowest BCUT2D eigenvalue weighted by Crippen LogP contribution is -2.29. The van der Waals surface area contributed by atoms with Crippen molar-refractivity contribution in [1.82, 2.24) is 0 Å². The Morgan fingerprint density at radius 3 is 2.50 bits per heavy atom. The van der Waals surface area contributed by atoms with Crippen LogP contribution in [0.1, 0.15) is 6.42 Å². The van der Waals surface area contributed by atoms with E-state index >= 15 is 0 Å². The van der Waals surface area contributed by atoms with Crippen molar-refractivity contribution in [3.8, 4) is 0 Å². The summed E-state index contributed by atoms with van der Waals surface area (Å²) >= 11 is 0. The molecule has 1 heterocycles. The van der Waals surface area contributed by atoms with E-state index in [1.54, 1.807) is 0 Å². The van der Waals surface area contributed by atoms with Crippen molar-refractivity contribution in [2.75, 3.05) is 17.2 Å². The van der Waals surface area contributed by atoms with Crippen molar-refractivity contribution in [2.24, 2.45) is 11.7 Å². The zero-order valence-corrected chi connectivity index (χ0v) is 9.32. The van der Waals surface area contributed by atoms with Gasteiger partial charge in [0.25, 0.3) is 0 Å². The van der Waals surface area contributed by atoms with Crippen LogP contribution < -0.4 is 16.4 Å². The number of nitrogens with two attached hydrogens (primary N) is 2. The normalized spacial score (nSPS) is 19.3. The Labute approximate surface area is 101 Å². The number of anilines is 2. The first-order valence-corrected chi connectivity index (χ1v) is 5.24. The minimum atomic E-state index is -1.10. The highest BCUT2D eigenvalue weighted by molar-refractivity contribution is 6.02. The summed E-state index contributed by atoms with van der Waals surface area (Å²) in [6.45, 7) is 0.0312. The van der Waals surface area contributed by atoms with E-state index in [1.807, 2.05) is 0 Å². The number of amides is 2. The molecule has 2 amide bonds. The maximum Gasteiger partial charge on any atom is 0.227 e. The molecule has 18 heavy (non-hydrogen) atoms. The molecule has 96 valence electrons. The number of primary amides is 1. The van der Waals surface area contributed by atoms with Gasteiger partial charge in [0, 0.05) is 25.1 Å². The average Bonchev–Trinajstić information content (AvgIpc) is 2.66. The van der Waals surface area contributed by atoms with Gasteiger partial charge in [-0.1, -0.05) is 0 Å². The molecule has 0 spiro atoms. The summed E-state index contributed by atoms with van der Waals surface area (Å²) < 4.78 is 26.1. The van der Waals surface area contributed by atoms with Gasteiger partial charge in [-0.3, -0.25) is 9.59 Å². The molecule has 0 bridgehead atoms. The smallest absolute Gasteiger partial charge is 0.227 e. The van der Waals surface area contributed by atoms with Crippen LogP contribution in [0, 0.1) is 17.6 Å². The van der Waals surface area contributed by atoms with Gasteiger partial charge in [-0.15, -0.1) is 0 Å². The van der Waals surface area contributed by atoms with Gasteiger partial charge in [-0.2, -0.15) is 0 Å². The number of rotatable bonds is 2. The molecule has 1 aliphatic heterocycles. The fraction of sp³-hybridized carbons (Fsp3) is 0.273. The fourth-order valence-electron chi connectivity index (χ4n) is 1.92. The van der Waals surface area contributed by atoms with E-state index in [2.05, 4.69) is 0 Å². The summed E-state index contributed by atoms with van der Waals surface area (Å²) in [4.78, 5) is 23.8. The minimum absolute atomic E-state index is 0.0312. The van der Waals surface area contributed by atoms with Gasteiger partial charge >= 0.3 is 0 Å². The van der Waals surface area contributed by atoms with E-state index in [0.717, 1.165) is 17.0 Å². The third-order valence-electron chi connectivity index (χ3n) is 2.89. The van der Waals surface area contributed by atoms with E-state index in [-0.39, 0.29) is 24.3 Å². The lowest BCUT2D eigenvalue weighted by Gasteiger charge is -2.18. The maximum absolute atomic E-state index is 13.1. The Hall–Kier alpha value is -2.18. The van der Waals surface area contributed by atoms with Crippen LogP contribution in [0.3, 0.4) is 0 Å². The molecule has 1 fully saturated rings. The van der Waals surface area contributed by atoms with Crippen LogP contribution in [0.15, 0.2) is 12.1 Å². The third-order valence-corrected chi connectivity index (χ3v) is 2.89. The van der Waals surface area contributed by atoms with Crippen molar-refractivity contribution in [1.29, 1.82) is 0 Å². The summed E-state index contributed by atoms with van der Waals surface area (Å²) in [6.07, 6.45) is -0.0478. The van der Waals surface area contributed by atoms with Crippen molar-refractivity contribution in [3.05, 3.63) is 23.8 Å². The lowest BCUT2D eigenvalue weighted by molar-refractivity contribution is -0.123. The Morgan fingerprint density at radius 1 is 1.33 bits per heavy atom. The lowest BCUT2D eigenvalue weighted by atomic mass is 10.1. The molecule has 1 unspecified atom stereocenters. The van der Waals surface area contributed by atoms with E-state index in [1.165, 1.54) is 0 Å². The second-order valence-electron chi connectivity index (χ2n) is 4.13. The number of hydrogen-bond donors (Lipinski definition) is 2. The van der Waals surface area contributed by atoms with Crippen molar-refractivity contribution in [2.45, 2.75) is 6.42 Å². The zero-order valence-electron chi connectivity index (χ0n) is 9.32.